The zero-order chi connectivity index (χ0) is 14.8. The van der Waals surface area contributed by atoms with Gasteiger partial charge in [0, 0.05) is 38.1 Å². The Kier molecular flexibility index (Phi) is 4.00. The van der Waals surface area contributed by atoms with Gasteiger partial charge in [0.2, 0.25) is 10.0 Å². The molecule has 0 spiro atoms. The molecule has 9 heteroatoms. The van der Waals surface area contributed by atoms with Crippen molar-refractivity contribution in [3.8, 4) is 0 Å². The average molecular weight is 299 g/mol. The van der Waals surface area contributed by atoms with Gasteiger partial charge in [-0.1, -0.05) is 11.2 Å². The number of nitro groups is 1. The maximum atomic E-state index is 12.4. The van der Waals surface area contributed by atoms with Gasteiger partial charge < -0.3 is 5.21 Å². The van der Waals surface area contributed by atoms with E-state index in [9.17, 15) is 18.5 Å². The number of hydrogen-bond acceptors (Lipinski definition) is 6. The van der Waals surface area contributed by atoms with Crippen LogP contribution in [0.5, 0.6) is 0 Å². The van der Waals surface area contributed by atoms with E-state index in [1.54, 1.807) is 0 Å². The highest BCUT2D eigenvalue weighted by Crippen LogP contribution is 2.23. The SMILES string of the molecule is O=[N+]([O-])c1cccc(S(=O)(=O)N2CCC(=NO)CC2)c1. The van der Waals surface area contributed by atoms with Crippen LogP contribution in [0.2, 0.25) is 0 Å². The number of nitro benzene ring substituents is 1. The molecule has 1 aromatic carbocycles. The number of oxime groups is 1. The van der Waals surface area contributed by atoms with Crippen LogP contribution in [0, 0.1) is 10.1 Å². The Hall–Kier alpha value is -2.00. The summed E-state index contributed by atoms with van der Waals surface area (Å²) in [6.07, 6.45) is 0.704. The molecule has 1 fully saturated rings. The normalized spacial score (nSPS) is 16.9. The van der Waals surface area contributed by atoms with Crippen molar-refractivity contribution in [3.63, 3.8) is 0 Å². The van der Waals surface area contributed by atoms with E-state index in [1.807, 2.05) is 0 Å². The van der Waals surface area contributed by atoms with Gasteiger partial charge in [0.15, 0.2) is 0 Å². The highest BCUT2D eigenvalue weighted by Gasteiger charge is 2.28. The first kappa shape index (κ1) is 14.4. The van der Waals surface area contributed by atoms with Crippen LogP contribution >= 0.6 is 0 Å². The highest BCUT2D eigenvalue weighted by atomic mass is 32.2. The van der Waals surface area contributed by atoms with Crippen LogP contribution in [0.15, 0.2) is 34.3 Å². The van der Waals surface area contributed by atoms with Gasteiger partial charge in [-0.05, 0) is 6.07 Å². The third kappa shape index (κ3) is 2.78. The lowest BCUT2D eigenvalue weighted by molar-refractivity contribution is -0.385. The second kappa shape index (κ2) is 5.55. The molecule has 0 aliphatic carbocycles. The summed E-state index contributed by atoms with van der Waals surface area (Å²) in [4.78, 5) is 9.96. The van der Waals surface area contributed by atoms with Crippen molar-refractivity contribution < 1.29 is 18.5 Å². The van der Waals surface area contributed by atoms with Crippen LogP contribution in [0.1, 0.15) is 12.8 Å². The van der Waals surface area contributed by atoms with Crippen molar-refractivity contribution in [2.75, 3.05) is 13.1 Å². The van der Waals surface area contributed by atoms with E-state index in [1.165, 1.54) is 22.5 Å². The Bertz CT molecular complexity index is 646. The van der Waals surface area contributed by atoms with E-state index in [-0.39, 0.29) is 23.7 Å². The fourth-order valence-electron chi connectivity index (χ4n) is 1.99. The van der Waals surface area contributed by atoms with E-state index in [0.29, 0.717) is 18.6 Å². The molecular weight excluding hydrogens is 286 g/mol. The molecule has 1 aliphatic rings. The van der Waals surface area contributed by atoms with Crippen molar-refractivity contribution in [1.29, 1.82) is 0 Å². The molecule has 1 aromatic rings. The first-order valence-corrected chi connectivity index (χ1v) is 7.33. The van der Waals surface area contributed by atoms with Gasteiger partial charge >= 0.3 is 0 Å². The Labute approximate surface area is 115 Å². The minimum atomic E-state index is -3.76. The van der Waals surface area contributed by atoms with Gasteiger partial charge in [-0.2, -0.15) is 4.31 Å². The summed E-state index contributed by atoms with van der Waals surface area (Å²) in [7, 11) is -3.76. The lowest BCUT2D eigenvalue weighted by Gasteiger charge is -2.26. The van der Waals surface area contributed by atoms with Crippen LogP contribution in [-0.4, -0.2) is 41.7 Å². The smallest absolute Gasteiger partial charge is 0.270 e. The molecule has 0 unspecified atom stereocenters. The van der Waals surface area contributed by atoms with Gasteiger partial charge in [0.05, 0.1) is 15.5 Å². The number of sulfonamides is 1. The molecule has 108 valence electrons. The van der Waals surface area contributed by atoms with E-state index < -0.39 is 14.9 Å². The lowest BCUT2D eigenvalue weighted by atomic mass is 10.1. The Morgan fingerprint density at radius 2 is 1.95 bits per heavy atom. The van der Waals surface area contributed by atoms with Gasteiger partial charge in [0.1, 0.15) is 0 Å². The standard InChI is InChI=1S/C11H13N3O5S/c15-12-9-4-6-13(7-5-9)20(18,19)11-3-1-2-10(8-11)14(16)17/h1-3,8,15H,4-7H2. The molecule has 0 radical (unpaired) electrons. The van der Waals surface area contributed by atoms with Gasteiger partial charge in [-0.25, -0.2) is 8.42 Å². The van der Waals surface area contributed by atoms with Crippen LogP contribution in [0.4, 0.5) is 5.69 Å². The molecule has 1 aliphatic heterocycles. The summed E-state index contributed by atoms with van der Waals surface area (Å²) in [6, 6.07) is 4.96. The molecule has 0 bridgehead atoms. The van der Waals surface area contributed by atoms with Gasteiger partial charge in [-0.3, -0.25) is 10.1 Å². The fraction of sp³-hybridized carbons (Fsp3) is 0.364. The number of benzene rings is 1. The van der Waals surface area contributed by atoms with E-state index >= 15 is 0 Å². The Morgan fingerprint density at radius 1 is 1.30 bits per heavy atom. The van der Waals surface area contributed by atoms with E-state index in [2.05, 4.69) is 5.16 Å². The number of rotatable bonds is 3. The topological polar surface area (TPSA) is 113 Å². The van der Waals surface area contributed by atoms with E-state index in [4.69, 9.17) is 5.21 Å². The molecule has 0 aromatic heterocycles. The molecule has 8 nitrogen and oxygen atoms in total. The predicted octanol–water partition coefficient (Wildman–Crippen LogP) is 1.21. The quantitative estimate of drug-likeness (QED) is 0.512. The summed E-state index contributed by atoms with van der Waals surface area (Å²) in [5.74, 6) is 0. The Balaban J connectivity index is 2.27. The molecule has 1 N–H and O–H groups in total. The van der Waals surface area contributed by atoms with Crippen molar-refractivity contribution in [3.05, 3.63) is 34.4 Å². The number of piperidine rings is 1. The molecule has 20 heavy (non-hydrogen) atoms. The molecule has 0 saturated carbocycles. The fourth-order valence-corrected chi connectivity index (χ4v) is 3.47. The molecule has 0 amide bonds. The largest absolute Gasteiger partial charge is 0.411 e. The first-order chi connectivity index (χ1) is 9.45. The lowest BCUT2D eigenvalue weighted by Crippen LogP contribution is -2.38. The zero-order valence-electron chi connectivity index (χ0n) is 10.5. The summed E-state index contributed by atoms with van der Waals surface area (Å²) in [5, 5.41) is 22.4. The third-order valence-electron chi connectivity index (χ3n) is 3.11. The van der Waals surface area contributed by atoms with Crippen molar-refractivity contribution in [1.82, 2.24) is 4.31 Å². The minimum Gasteiger partial charge on any atom is -0.411 e. The Morgan fingerprint density at radius 3 is 2.50 bits per heavy atom. The molecule has 1 heterocycles. The molecule has 2 rings (SSSR count). The summed E-state index contributed by atoms with van der Waals surface area (Å²) >= 11 is 0. The maximum absolute atomic E-state index is 12.4. The van der Waals surface area contributed by atoms with E-state index in [0.717, 1.165) is 6.07 Å². The van der Waals surface area contributed by atoms with Crippen molar-refractivity contribution in [2.24, 2.45) is 5.16 Å². The maximum Gasteiger partial charge on any atom is 0.270 e. The van der Waals surface area contributed by atoms with Crippen LogP contribution < -0.4 is 0 Å². The van der Waals surface area contributed by atoms with Crippen LogP contribution in [0.25, 0.3) is 0 Å². The summed E-state index contributed by atoms with van der Waals surface area (Å²) < 4.78 is 26.0. The zero-order valence-corrected chi connectivity index (χ0v) is 11.3. The second-order valence-corrected chi connectivity index (χ2v) is 6.26. The van der Waals surface area contributed by atoms with Crippen molar-refractivity contribution in [2.45, 2.75) is 17.7 Å². The van der Waals surface area contributed by atoms with Crippen molar-refractivity contribution >= 4 is 21.4 Å². The monoisotopic (exact) mass is 299 g/mol. The average Bonchev–Trinajstić information content (AvgIpc) is 2.47. The molecule has 0 atom stereocenters. The predicted molar refractivity (Wildman–Crippen MR) is 70.3 cm³/mol. The first-order valence-electron chi connectivity index (χ1n) is 5.89. The number of nitrogens with zero attached hydrogens (tertiary/aromatic N) is 3. The molecular formula is C11H13N3O5S. The second-order valence-electron chi connectivity index (χ2n) is 4.32. The third-order valence-corrected chi connectivity index (χ3v) is 5.00. The highest BCUT2D eigenvalue weighted by molar-refractivity contribution is 7.89. The summed E-state index contributed by atoms with van der Waals surface area (Å²) in [6.45, 7) is 0.398. The summed E-state index contributed by atoms with van der Waals surface area (Å²) in [5.41, 5.74) is 0.288. The number of hydrogen-bond donors (Lipinski definition) is 1. The van der Waals surface area contributed by atoms with Crippen LogP contribution in [0.3, 0.4) is 0 Å². The molecule has 1 saturated heterocycles. The minimum absolute atomic E-state index is 0.101. The van der Waals surface area contributed by atoms with Gasteiger partial charge in [-0.15, -0.1) is 0 Å². The van der Waals surface area contributed by atoms with Gasteiger partial charge in [0.25, 0.3) is 5.69 Å². The number of non-ortho nitro benzene ring substituents is 1. The van der Waals surface area contributed by atoms with Crippen LogP contribution in [-0.2, 0) is 10.0 Å².